The Balaban J connectivity index is 1.55. The normalized spacial score (nSPS) is 48.8. The van der Waals surface area contributed by atoms with Crippen molar-refractivity contribution < 1.29 is 24.9 Å². The van der Waals surface area contributed by atoms with Gasteiger partial charge in [-0.2, -0.15) is 0 Å². The first kappa shape index (κ1) is 22.1. The monoisotopic (exact) mass is 421 g/mol. The van der Waals surface area contributed by atoms with Crippen LogP contribution in [-0.2, 0) is 9.59 Å². The zero-order chi connectivity index (χ0) is 21.8. The van der Waals surface area contributed by atoms with Crippen molar-refractivity contribution in [2.24, 2.45) is 46.3 Å². The highest BCUT2D eigenvalue weighted by Crippen LogP contribution is 2.68. The molecule has 0 heterocycles. The fourth-order valence-corrected chi connectivity index (χ4v) is 8.56. The highest BCUT2D eigenvalue weighted by molar-refractivity contribution is 5.83. The number of rotatable bonds is 4. The summed E-state index contributed by atoms with van der Waals surface area (Å²) in [5, 5.41) is 33.1. The van der Waals surface area contributed by atoms with Gasteiger partial charge in [0.1, 0.15) is 6.54 Å². The number of hydrogen-bond acceptors (Lipinski definition) is 4. The van der Waals surface area contributed by atoms with Crippen LogP contribution in [-0.4, -0.2) is 45.9 Å². The maximum atomic E-state index is 12.6. The van der Waals surface area contributed by atoms with Crippen LogP contribution in [0.25, 0.3) is 0 Å². The summed E-state index contributed by atoms with van der Waals surface area (Å²) < 4.78 is 0. The van der Waals surface area contributed by atoms with Gasteiger partial charge in [-0.15, -0.1) is 0 Å². The van der Waals surface area contributed by atoms with Crippen LogP contribution in [0.5, 0.6) is 0 Å². The number of aliphatic carboxylic acids is 1. The van der Waals surface area contributed by atoms with E-state index in [0.717, 1.165) is 51.4 Å². The van der Waals surface area contributed by atoms with Crippen LogP contribution >= 0.6 is 0 Å². The molecule has 10 atom stereocenters. The zero-order valence-corrected chi connectivity index (χ0v) is 18.6. The third-order valence-electron chi connectivity index (χ3n) is 10.2. The molecule has 4 N–H and O–H groups in total. The van der Waals surface area contributed by atoms with E-state index in [9.17, 15) is 19.8 Å². The lowest BCUT2D eigenvalue weighted by molar-refractivity contribution is -0.176. The average molecular weight is 422 g/mol. The standard InChI is InChI=1S/C24H39NO5/c1-13(22(30)25-12-21(28)29)17-6-7-18-16-5-4-14-10-15(26)8-9-23(14,2)19(16)11-20(27)24(17,18)3/h13-20,26-27H,4-12H2,1-3H3,(H,25,30)(H,28,29)/t13-,14?,15+,16?,17+,18?,19?,20-,23-,24+/m0/s1. The van der Waals surface area contributed by atoms with Crippen molar-refractivity contribution in [2.75, 3.05) is 6.54 Å². The molecule has 0 aromatic rings. The number of aliphatic hydroxyl groups is 2. The molecule has 4 rings (SSSR count). The highest BCUT2D eigenvalue weighted by atomic mass is 16.4. The molecule has 4 saturated carbocycles. The second-order valence-electron chi connectivity index (χ2n) is 11.3. The second kappa shape index (κ2) is 7.77. The van der Waals surface area contributed by atoms with Crippen molar-refractivity contribution >= 4 is 11.9 Å². The molecular weight excluding hydrogens is 382 g/mol. The predicted molar refractivity (Wildman–Crippen MR) is 112 cm³/mol. The lowest BCUT2D eigenvalue weighted by Gasteiger charge is -2.62. The lowest BCUT2D eigenvalue weighted by atomic mass is 9.43. The van der Waals surface area contributed by atoms with E-state index in [1.165, 1.54) is 0 Å². The van der Waals surface area contributed by atoms with Crippen LogP contribution in [0.15, 0.2) is 0 Å². The number of carboxylic acids is 1. The molecule has 6 nitrogen and oxygen atoms in total. The van der Waals surface area contributed by atoms with Crippen LogP contribution in [0, 0.1) is 46.3 Å². The van der Waals surface area contributed by atoms with E-state index >= 15 is 0 Å². The minimum atomic E-state index is -1.03. The number of hydrogen-bond donors (Lipinski definition) is 4. The van der Waals surface area contributed by atoms with Crippen molar-refractivity contribution in [1.29, 1.82) is 0 Å². The van der Waals surface area contributed by atoms with Gasteiger partial charge in [0, 0.05) is 11.3 Å². The Labute approximate surface area is 179 Å². The topological polar surface area (TPSA) is 107 Å². The molecule has 0 bridgehead atoms. The zero-order valence-electron chi connectivity index (χ0n) is 18.6. The first-order valence-electron chi connectivity index (χ1n) is 11.9. The van der Waals surface area contributed by atoms with Crippen molar-refractivity contribution in [2.45, 2.75) is 84.3 Å². The summed E-state index contributed by atoms with van der Waals surface area (Å²) in [5.74, 6) is 0.562. The molecule has 0 aliphatic heterocycles. The molecule has 4 aliphatic rings. The Morgan fingerprint density at radius 3 is 2.47 bits per heavy atom. The molecule has 4 unspecified atom stereocenters. The van der Waals surface area contributed by atoms with Gasteiger partial charge in [0.2, 0.25) is 5.91 Å². The summed E-state index contributed by atoms with van der Waals surface area (Å²) in [6.07, 6.45) is 7.30. The maximum Gasteiger partial charge on any atom is 0.322 e. The van der Waals surface area contributed by atoms with Gasteiger partial charge in [0.15, 0.2) is 0 Å². The van der Waals surface area contributed by atoms with Crippen molar-refractivity contribution in [3.05, 3.63) is 0 Å². The smallest absolute Gasteiger partial charge is 0.322 e. The van der Waals surface area contributed by atoms with Gasteiger partial charge in [0.05, 0.1) is 12.2 Å². The Bertz CT molecular complexity index is 697. The van der Waals surface area contributed by atoms with Crippen molar-refractivity contribution in [3.8, 4) is 0 Å². The maximum absolute atomic E-state index is 12.6. The molecule has 30 heavy (non-hydrogen) atoms. The number of carbonyl (C=O) groups is 2. The first-order valence-corrected chi connectivity index (χ1v) is 11.9. The number of amides is 1. The van der Waals surface area contributed by atoms with Crippen LogP contribution < -0.4 is 5.32 Å². The predicted octanol–water partition coefficient (Wildman–Crippen LogP) is 2.81. The molecule has 0 radical (unpaired) electrons. The summed E-state index contributed by atoms with van der Waals surface area (Å²) in [4.78, 5) is 23.5. The molecule has 6 heteroatoms. The van der Waals surface area contributed by atoms with Gasteiger partial charge in [-0.3, -0.25) is 9.59 Å². The van der Waals surface area contributed by atoms with E-state index in [1.807, 2.05) is 6.92 Å². The lowest BCUT2D eigenvalue weighted by Crippen LogP contribution is -2.59. The third kappa shape index (κ3) is 3.29. The van der Waals surface area contributed by atoms with E-state index in [2.05, 4.69) is 19.2 Å². The molecule has 1 amide bonds. The molecular formula is C24H39NO5. The number of nitrogens with one attached hydrogen (secondary N) is 1. The van der Waals surface area contributed by atoms with Crippen LogP contribution in [0.2, 0.25) is 0 Å². The Kier molecular flexibility index (Phi) is 5.72. The average Bonchev–Trinajstić information content (AvgIpc) is 3.05. The number of fused-ring (bicyclic) bond motifs is 5. The van der Waals surface area contributed by atoms with E-state index < -0.39 is 12.1 Å². The first-order chi connectivity index (χ1) is 14.1. The van der Waals surface area contributed by atoms with Crippen molar-refractivity contribution in [3.63, 3.8) is 0 Å². The van der Waals surface area contributed by atoms with Crippen LogP contribution in [0.3, 0.4) is 0 Å². The van der Waals surface area contributed by atoms with Crippen molar-refractivity contribution in [1.82, 2.24) is 5.32 Å². The molecule has 0 spiro atoms. The summed E-state index contributed by atoms with van der Waals surface area (Å²) in [6, 6.07) is 0. The van der Waals surface area contributed by atoms with E-state index in [0.29, 0.717) is 23.7 Å². The fourth-order valence-electron chi connectivity index (χ4n) is 8.56. The quantitative estimate of drug-likeness (QED) is 0.558. The molecule has 4 aliphatic carbocycles. The van der Waals surface area contributed by atoms with Gasteiger partial charge in [-0.1, -0.05) is 20.8 Å². The Morgan fingerprint density at radius 1 is 1.03 bits per heavy atom. The van der Waals surface area contributed by atoms with Crippen LogP contribution in [0.4, 0.5) is 0 Å². The highest BCUT2D eigenvalue weighted by Gasteiger charge is 2.64. The Hall–Kier alpha value is -1.14. The van der Waals surface area contributed by atoms with E-state index in [-0.39, 0.29) is 41.2 Å². The summed E-state index contributed by atoms with van der Waals surface area (Å²) >= 11 is 0. The van der Waals surface area contributed by atoms with Crippen LogP contribution in [0.1, 0.15) is 72.1 Å². The summed E-state index contributed by atoms with van der Waals surface area (Å²) in [6.45, 7) is 6.14. The Morgan fingerprint density at radius 2 is 1.77 bits per heavy atom. The summed E-state index contributed by atoms with van der Waals surface area (Å²) in [7, 11) is 0. The van der Waals surface area contributed by atoms with Gasteiger partial charge >= 0.3 is 5.97 Å². The minimum absolute atomic E-state index is 0.0750. The van der Waals surface area contributed by atoms with Gasteiger partial charge in [-0.05, 0) is 86.4 Å². The molecule has 4 fully saturated rings. The summed E-state index contributed by atoms with van der Waals surface area (Å²) in [5.41, 5.74) is -0.0917. The molecule has 0 saturated heterocycles. The number of aliphatic hydroxyl groups excluding tert-OH is 2. The fraction of sp³-hybridized carbons (Fsp3) is 0.917. The van der Waals surface area contributed by atoms with E-state index in [1.54, 1.807) is 0 Å². The molecule has 0 aromatic carbocycles. The van der Waals surface area contributed by atoms with E-state index in [4.69, 9.17) is 5.11 Å². The second-order valence-corrected chi connectivity index (χ2v) is 11.3. The van der Waals surface area contributed by atoms with Gasteiger partial charge in [0.25, 0.3) is 0 Å². The third-order valence-corrected chi connectivity index (χ3v) is 10.2. The largest absolute Gasteiger partial charge is 0.480 e. The van der Waals surface area contributed by atoms with Gasteiger partial charge in [-0.25, -0.2) is 0 Å². The number of carbonyl (C=O) groups excluding carboxylic acids is 1. The molecule has 0 aromatic heterocycles. The SMILES string of the molecule is C[C@H](C(=O)NCC(=O)O)[C@H]1CCC2C3CCC4C[C@H](O)CC[C@]4(C)C3C[C@H](O)[C@@]21C. The minimum Gasteiger partial charge on any atom is -0.480 e. The number of carboxylic acid groups (broad SMARTS) is 1. The molecule has 170 valence electrons. The van der Waals surface area contributed by atoms with Gasteiger partial charge < -0.3 is 20.6 Å².